The quantitative estimate of drug-likeness (QED) is 0.676. The van der Waals surface area contributed by atoms with Crippen LogP contribution in [0.1, 0.15) is 29.4 Å². The van der Waals surface area contributed by atoms with Crippen molar-refractivity contribution in [3.63, 3.8) is 0 Å². The predicted octanol–water partition coefficient (Wildman–Crippen LogP) is 0.0343. The van der Waals surface area contributed by atoms with Crippen LogP contribution in [0.15, 0.2) is 0 Å². The Morgan fingerprint density at radius 1 is 1.52 bits per heavy atom. The molecule has 1 unspecified atom stereocenters. The van der Waals surface area contributed by atoms with Gasteiger partial charge in [0.2, 0.25) is 5.91 Å². The molecule has 1 atom stereocenters. The third-order valence-corrected chi connectivity index (χ3v) is 4.17. The molecular formula is C12H17N5O3S. The number of aromatic nitrogens is 1. The number of amides is 3. The first kappa shape index (κ1) is 15.2. The summed E-state index contributed by atoms with van der Waals surface area (Å²) in [5.41, 5.74) is 5.71. The molecule has 1 aromatic heterocycles. The number of nitrogen functional groups attached to an aromatic ring is 1. The highest BCUT2D eigenvalue weighted by atomic mass is 32.1. The number of rotatable bonds is 4. The molecule has 3 amide bonds. The second-order valence-corrected chi connectivity index (χ2v) is 5.62. The van der Waals surface area contributed by atoms with Gasteiger partial charge in [0, 0.05) is 20.0 Å². The van der Waals surface area contributed by atoms with E-state index in [-0.39, 0.29) is 23.0 Å². The summed E-state index contributed by atoms with van der Waals surface area (Å²) in [4.78, 5) is 40.8. The fourth-order valence-corrected chi connectivity index (χ4v) is 2.85. The topological polar surface area (TPSA) is 117 Å². The summed E-state index contributed by atoms with van der Waals surface area (Å²) in [7, 11) is 1.41. The zero-order valence-electron chi connectivity index (χ0n) is 11.8. The predicted molar refractivity (Wildman–Crippen MR) is 79.0 cm³/mol. The lowest BCUT2D eigenvalue weighted by Gasteiger charge is -2.27. The molecule has 1 aliphatic heterocycles. The van der Waals surface area contributed by atoms with Crippen LogP contribution in [0.5, 0.6) is 0 Å². The minimum Gasteiger partial charge on any atom is -0.382 e. The summed E-state index contributed by atoms with van der Waals surface area (Å²) in [6, 6.07) is -0.704. The normalized spacial score (nSPS) is 18.8. The van der Waals surface area contributed by atoms with Gasteiger partial charge in [0.1, 0.15) is 16.7 Å². The Morgan fingerprint density at radius 2 is 2.24 bits per heavy atom. The van der Waals surface area contributed by atoms with Crippen molar-refractivity contribution in [3.8, 4) is 0 Å². The number of nitrogens with two attached hydrogens (primary N) is 1. The molecule has 0 spiro atoms. The maximum Gasteiger partial charge on any atom is 0.265 e. The molecule has 2 heterocycles. The second kappa shape index (κ2) is 6.08. The van der Waals surface area contributed by atoms with E-state index < -0.39 is 17.9 Å². The summed E-state index contributed by atoms with van der Waals surface area (Å²) < 4.78 is 0. The number of anilines is 2. The van der Waals surface area contributed by atoms with Crippen molar-refractivity contribution < 1.29 is 14.4 Å². The first-order valence-corrected chi connectivity index (χ1v) is 7.37. The summed E-state index contributed by atoms with van der Waals surface area (Å²) in [6.07, 6.45) is 0.528. The maximum atomic E-state index is 12.2. The third kappa shape index (κ3) is 3.13. The summed E-state index contributed by atoms with van der Waals surface area (Å²) in [6.45, 7) is 2.58. The molecule has 1 saturated heterocycles. The van der Waals surface area contributed by atoms with Gasteiger partial charge in [-0.15, -0.1) is 0 Å². The standard InChI is InChI=1S/C12H17N5O3S/c1-3-14-12-16-9(13)8(21-12)10(19)15-6-4-5-7(18)17(2)11(6)20/h6H,3-5,13H2,1-2H3,(H,14,16)(H,15,19). The van der Waals surface area contributed by atoms with E-state index in [9.17, 15) is 14.4 Å². The summed E-state index contributed by atoms with van der Waals surface area (Å²) in [5.74, 6) is -0.969. The molecule has 0 aliphatic carbocycles. The average Bonchev–Trinajstić information content (AvgIpc) is 2.81. The van der Waals surface area contributed by atoms with Crippen LogP contribution in [0.4, 0.5) is 10.9 Å². The van der Waals surface area contributed by atoms with E-state index in [1.807, 2.05) is 6.92 Å². The van der Waals surface area contributed by atoms with Crippen LogP contribution in [0.2, 0.25) is 0 Å². The van der Waals surface area contributed by atoms with Crippen molar-refractivity contribution in [3.05, 3.63) is 4.88 Å². The van der Waals surface area contributed by atoms with Crippen molar-refractivity contribution in [2.75, 3.05) is 24.6 Å². The second-order valence-electron chi connectivity index (χ2n) is 4.62. The SMILES string of the molecule is CCNc1nc(N)c(C(=O)NC2CCC(=O)N(C)C2=O)s1. The van der Waals surface area contributed by atoms with Crippen molar-refractivity contribution in [1.29, 1.82) is 0 Å². The Morgan fingerprint density at radius 3 is 2.90 bits per heavy atom. The Labute approximate surface area is 125 Å². The van der Waals surface area contributed by atoms with Crippen molar-refractivity contribution in [1.82, 2.24) is 15.2 Å². The van der Waals surface area contributed by atoms with Gasteiger partial charge in [0.05, 0.1) is 0 Å². The molecule has 2 rings (SSSR count). The Balaban J connectivity index is 2.08. The van der Waals surface area contributed by atoms with E-state index in [1.165, 1.54) is 7.05 Å². The number of carbonyl (C=O) groups is 3. The average molecular weight is 311 g/mol. The largest absolute Gasteiger partial charge is 0.382 e. The molecule has 0 saturated carbocycles. The van der Waals surface area contributed by atoms with Crippen LogP contribution in [0.25, 0.3) is 0 Å². The fraction of sp³-hybridized carbons (Fsp3) is 0.500. The van der Waals surface area contributed by atoms with E-state index in [0.29, 0.717) is 18.1 Å². The van der Waals surface area contributed by atoms with E-state index in [2.05, 4.69) is 15.6 Å². The first-order chi connectivity index (χ1) is 9.93. The number of nitrogens with one attached hydrogen (secondary N) is 2. The smallest absolute Gasteiger partial charge is 0.265 e. The van der Waals surface area contributed by atoms with Crippen molar-refractivity contribution in [2.45, 2.75) is 25.8 Å². The molecule has 1 aliphatic rings. The van der Waals surface area contributed by atoms with E-state index in [4.69, 9.17) is 5.73 Å². The lowest BCUT2D eigenvalue weighted by atomic mass is 10.0. The van der Waals surface area contributed by atoms with Gasteiger partial charge in [0.15, 0.2) is 5.13 Å². The number of hydrogen-bond acceptors (Lipinski definition) is 7. The monoisotopic (exact) mass is 311 g/mol. The molecular weight excluding hydrogens is 294 g/mol. The van der Waals surface area contributed by atoms with E-state index in [0.717, 1.165) is 16.2 Å². The molecule has 1 fully saturated rings. The molecule has 0 radical (unpaired) electrons. The van der Waals surface area contributed by atoms with Crippen LogP contribution in [0.3, 0.4) is 0 Å². The number of nitrogens with zero attached hydrogens (tertiary/aromatic N) is 2. The first-order valence-electron chi connectivity index (χ1n) is 6.55. The Hall–Kier alpha value is -2.16. The molecule has 4 N–H and O–H groups in total. The van der Waals surface area contributed by atoms with Crippen LogP contribution in [-0.2, 0) is 9.59 Å². The highest BCUT2D eigenvalue weighted by Crippen LogP contribution is 2.25. The van der Waals surface area contributed by atoms with Gasteiger partial charge in [-0.1, -0.05) is 11.3 Å². The van der Waals surface area contributed by atoms with E-state index >= 15 is 0 Å². The van der Waals surface area contributed by atoms with Gasteiger partial charge < -0.3 is 16.4 Å². The zero-order chi connectivity index (χ0) is 15.6. The van der Waals surface area contributed by atoms with E-state index in [1.54, 1.807) is 0 Å². The minimum atomic E-state index is -0.704. The Kier molecular flexibility index (Phi) is 4.41. The number of hydrogen-bond donors (Lipinski definition) is 3. The highest BCUT2D eigenvalue weighted by molar-refractivity contribution is 7.18. The van der Waals surface area contributed by atoms with Gasteiger partial charge in [-0.25, -0.2) is 4.98 Å². The fourth-order valence-electron chi connectivity index (χ4n) is 1.99. The molecule has 1 aromatic rings. The van der Waals surface area contributed by atoms with Gasteiger partial charge >= 0.3 is 0 Å². The molecule has 8 nitrogen and oxygen atoms in total. The van der Waals surface area contributed by atoms with Gasteiger partial charge in [0.25, 0.3) is 11.8 Å². The van der Waals surface area contributed by atoms with Crippen LogP contribution in [0, 0.1) is 0 Å². The maximum absolute atomic E-state index is 12.2. The summed E-state index contributed by atoms with van der Waals surface area (Å²) >= 11 is 1.13. The zero-order valence-corrected chi connectivity index (χ0v) is 12.6. The van der Waals surface area contributed by atoms with Crippen LogP contribution in [-0.4, -0.2) is 47.2 Å². The van der Waals surface area contributed by atoms with Gasteiger partial charge in [-0.2, -0.15) is 0 Å². The lowest BCUT2D eigenvalue weighted by Crippen LogP contribution is -2.52. The summed E-state index contributed by atoms with van der Waals surface area (Å²) in [5, 5.41) is 6.15. The number of imide groups is 1. The van der Waals surface area contributed by atoms with Gasteiger partial charge in [-0.3, -0.25) is 19.3 Å². The molecule has 0 aromatic carbocycles. The number of piperidine rings is 1. The minimum absolute atomic E-state index is 0.126. The molecule has 21 heavy (non-hydrogen) atoms. The number of likely N-dealkylation sites (tertiary alicyclic amines) is 1. The Bertz CT molecular complexity index is 585. The van der Waals surface area contributed by atoms with Crippen LogP contribution < -0.4 is 16.4 Å². The number of thiazole rings is 1. The van der Waals surface area contributed by atoms with Crippen molar-refractivity contribution in [2.24, 2.45) is 0 Å². The van der Waals surface area contributed by atoms with Crippen molar-refractivity contribution >= 4 is 40.0 Å². The van der Waals surface area contributed by atoms with Gasteiger partial charge in [-0.05, 0) is 13.3 Å². The molecule has 9 heteroatoms. The molecule has 0 bridgehead atoms. The highest BCUT2D eigenvalue weighted by Gasteiger charge is 2.33. The van der Waals surface area contributed by atoms with Crippen LogP contribution >= 0.6 is 11.3 Å². The molecule has 114 valence electrons. The third-order valence-electron chi connectivity index (χ3n) is 3.14. The number of carbonyl (C=O) groups excluding carboxylic acids is 3. The number of likely N-dealkylation sites (N-methyl/N-ethyl adjacent to an activating group) is 1. The lowest BCUT2D eigenvalue weighted by molar-refractivity contribution is -0.147.